The third-order valence-electron chi connectivity index (χ3n) is 3.27. The Hall–Kier alpha value is -1.62. The van der Waals surface area contributed by atoms with Gasteiger partial charge < -0.3 is 14.6 Å². The van der Waals surface area contributed by atoms with Crippen molar-refractivity contribution in [3.05, 3.63) is 29.8 Å². The number of carbonyl (C=O) groups is 1. The molecule has 0 radical (unpaired) electrons. The summed E-state index contributed by atoms with van der Waals surface area (Å²) >= 11 is 0. The second-order valence-electron chi connectivity index (χ2n) is 4.61. The summed E-state index contributed by atoms with van der Waals surface area (Å²) in [5.74, 6) is -0.669. The lowest BCUT2D eigenvalue weighted by Crippen LogP contribution is -2.28. The van der Waals surface area contributed by atoms with Crippen LogP contribution in [-0.2, 0) is 4.74 Å². The average molecular weight is 268 g/mol. The van der Waals surface area contributed by atoms with E-state index in [4.69, 9.17) is 14.6 Å². The smallest absolute Gasteiger partial charge is 0.335 e. The molecule has 1 aliphatic rings. The number of aromatic carboxylic acids is 1. The molecule has 0 amide bonds. The Morgan fingerprint density at radius 2 is 2.21 bits per heavy atom. The monoisotopic (exact) mass is 268 g/mol. The van der Waals surface area contributed by atoms with E-state index in [1.165, 1.54) is 12.1 Å². The van der Waals surface area contributed by atoms with Crippen LogP contribution in [0.15, 0.2) is 24.3 Å². The molecule has 0 aliphatic carbocycles. The second kappa shape index (κ2) is 6.52. The quantitative estimate of drug-likeness (QED) is 0.891. The fourth-order valence-corrected chi connectivity index (χ4v) is 2.11. The summed E-state index contributed by atoms with van der Waals surface area (Å²) < 4.78 is 24.5. The van der Waals surface area contributed by atoms with Crippen molar-refractivity contribution in [1.29, 1.82) is 0 Å². The SMILES string of the molecule is O=C(O)c1cccc(OCC(F)C2CCOCC2)c1. The first-order valence-electron chi connectivity index (χ1n) is 6.35. The van der Waals surface area contributed by atoms with E-state index in [1.54, 1.807) is 12.1 Å². The Morgan fingerprint density at radius 1 is 1.47 bits per heavy atom. The number of benzene rings is 1. The molecular weight excluding hydrogens is 251 g/mol. The topological polar surface area (TPSA) is 55.8 Å². The van der Waals surface area contributed by atoms with Gasteiger partial charge in [0, 0.05) is 13.2 Å². The van der Waals surface area contributed by atoms with Gasteiger partial charge in [0.2, 0.25) is 0 Å². The molecule has 1 unspecified atom stereocenters. The molecule has 1 fully saturated rings. The molecule has 0 bridgehead atoms. The first-order chi connectivity index (χ1) is 9.16. The molecule has 19 heavy (non-hydrogen) atoms. The predicted molar refractivity (Wildman–Crippen MR) is 67.3 cm³/mol. The first-order valence-corrected chi connectivity index (χ1v) is 6.35. The number of carboxylic acids is 1. The third kappa shape index (κ3) is 3.92. The number of alkyl halides is 1. The Balaban J connectivity index is 1.87. The molecule has 1 N–H and O–H groups in total. The molecule has 2 rings (SSSR count). The minimum Gasteiger partial charge on any atom is -0.491 e. The second-order valence-corrected chi connectivity index (χ2v) is 4.61. The van der Waals surface area contributed by atoms with E-state index in [1.807, 2.05) is 0 Å². The van der Waals surface area contributed by atoms with E-state index in [0.29, 0.717) is 31.8 Å². The van der Waals surface area contributed by atoms with Crippen LogP contribution in [0.3, 0.4) is 0 Å². The molecule has 0 spiro atoms. The summed E-state index contributed by atoms with van der Waals surface area (Å²) in [5.41, 5.74) is 0.138. The van der Waals surface area contributed by atoms with Crippen molar-refractivity contribution in [1.82, 2.24) is 0 Å². The number of halogens is 1. The lowest BCUT2D eigenvalue weighted by atomic mass is 9.95. The highest BCUT2D eigenvalue weighted by atomic mass is 19.1. The molecule has 0 saturated carbocycles. The summed E-state index contributed by atoms with van der Waals surface area (Å²) in [6.07, 6.45) is 0.372. The van der Waals surface area contributed by atoms with Gasteiger partial charge in [-0.3, -0.25) is 0 Å². The number of ether oxygens (including phenoxy) is 2. The summed E-state index contributed by atoms with van der Waals surface area (Å²) in [6, 6.07) is 6.09. The molecule has 1 aromatic rings. The average Bonchev–Trinajstić information content (AvgIpc) is 2.46. The lowest BCUT2D eigenvalue weighted by Gasteiger charge is -2.25. The molecule has 4 nitrogen and oxygen atoms in total. The largest absolute Gasteiger partial charge is 0.491 e. The van der Waals surface area contributed by atoms with Crippen LogP contribution in [0.1, 0.15) is 23.2 Å². The van der Waals surface area contributed by atoms with Crippen LogP contribution in [-0.4, -0.2) is 37.1 Å². The molecule has 1 aliphatic heterocycles. The van der Waals surface area contributed by atoms with E-state index in [-0.39, 0.29) is 18.1 Å². The van der Waals surface area contributed by atoms with E-state index >= 15 is 0 Å². The van der Waals surface area contributed by atoms with Crippen LogP contribution in [0.25, 0.3) is 0 Å². The Bertz CT molecular complexity index is 429. The van der Waals surface area contributed by atoms with Gasteiger partial charge in [-0.1, -0.05) is 6.07 Å². The van der Waals surface area contributed by atoms with Gasteiger partial charge in [0.25, 0.3) is 0 Å². The maximum atomic E-state index is 13.9. The van der Waals surface area contributed by atoms with Crippen molar-refractivity contribution in [2.24, 2.45) is 5.92 Å². The molecule has 1 heterocycles. The summed E-state index contributed by atoms with van der Waals surface area (Å²) in [6.45, 7) is 1.15. The molecule has 0 aromatic heterocycles. The Kier molecular flexibility index (Phi) is 4.74. The van der Waals surface area contributed by atoms with Crippen molar-refractivity contribution in [2.75, 3.05) is 19.8 Å². The highest BCUT2D eigenvalue weighted by molar-refractivity contribution is 5.87. The predicted octanol–water partition coefficient (Wildman–Crippen LogP) is 2.53. The molecular formula is C14H17FO4. The van der Waals surface area contributed by atoms with Gasteiger partial charge in [-0.05, 0) is 37.0 Å². The van der Waals surface area contributed by atoms with Crippen LogP contribution < -0.4 is 4.74 Å². The summed E-state index contributed by atoms with van der Waals surface area (Å²) in [5, 5.41) is 8.85. The standard InChI is InChI=1S/C14H17FO4/c15-13(10-4-6-18-7-5-10)9-19-12-3-1-2-11(8-12)14(16)17/h1-3,8,10,13H,4-7,9H2,(H,16,17). The van der Waals surface area contributed by atoms with Gasteiger partial charge in [0.05, 0.1) is 5.56 Å². The Labute approximate surface area is 111 Å². The summed E-state index contributed by atoms with van der Waals surface area (Å²) in [7, 11) is 0. The van der Waals surface area contributed by atoms with E-state index in [2.05, 4.69) is 0 Å². The normalized spacial score (nSPS) is 17.9. The van der Waals surface area contributed by atoms with Gasteiger partial charge in [-0.2, -0.15) is 0 Å². The fraction of sp³-hybridized carbons (Fsp3) is 0.500. The van der Waals surface area contributed by atoms with Gasteiger partial charge in [-0.15, -0.1) is 0 Å². The zero-order valence-electron chi connectivity index (χ0n) is 10.5. The molecule has 1 saturated heterocycles. The van der Waals surface area contributed by atoms with Gasteiger partial charge in [0.1, 0.15) is 18.5 Å². The number of rotatable bonds is 5. The van der Waals surface area contributed by atoms with Crippen molar-refractivity contribution in [2.45, 2.75) is 19.0 Å². The van der Waals surface area contributed by atoms with E-state index in [0.717, 1.165) is 0 Å². The van der Waals surface area contributed by atoms with Gasteiger partial charge in [0.15, 0.2) is 0 Å². The van der Waals surface area contributed by atoms with Crippen LogP contribution in [0.4, 0.5) is 4.39 Å². The first kappa shape index (κ1) is 13.8. The molecule has 104 valence electrons. The highest BCUT2D eigenvalue weighted by Gasteiger charge is 2.24. The van der Waals surface area contributed by atoms with Crippen LogP contribution >= 0.6 is 0 Å². The number of hydrogen-bond acceptors (Lipinski definition) is 3. The van der Waals surface area contributed by atoms with Crippen molar-refractivity contribution in [3.63, 3.8) is 0 Å². The summed E-state index contributed by atoms with van der Waals surface area (Å²) in [4.78, 5) is 10.8. The van der Waals surface area contributed by atoms with Crippen LogP contribution in [0.5, 0.6) is 5.75 Å². The minimum absolute atomic E-state index is 0.0311. The molecule has 1 aromatic carbocycles. The maximum absolute atomic E-state index is 13.9. The van der Waals surface area contributed by atoms with E-state index in [9.17, 15) is 9.18 Å². The van der Waals surface area contributed by atoms with Crippen LogP contribution in [0, 0.1) is 5.92 Å². The zero-order valence-corrected chi connectivity index (χ0v) is 10.5. The minimum atomic E-state index is -1.04. The van der Waals surface area contributed by atoms with Crippen molar-refractivity contribution < 1.29 is 23.8 Å². The highest BCUT2D eigenvalue weighted by Crippen LogP contribution is 2.22. The van der Waals surface area contributed by atoms with Gasteiger partial charge >= 0.3 is 5.97 Å². The maximum Gasteiger partial charge on any atom is 0.335 e. The Morgan fingerprint density at radius 3 is 2.89 bits per heavy atom. The van der Waals surface area contributed by atoms with E-state index < -0.39 is 12.1 Å². The van der Waals surface area contributed by atoms with Crippen molar-refractivity contribution in [3.8, 4) is 5.75 Å². The van der Waals surface area contributed by atoms with Gasteiger partial charge in [-0.25, -0.2) is 9.18 Å². The lowest BCUT2D eigenvalue weighted by molar-refractivity contribution is 0.0241. The van der Waals surface area contributed by atoms with Crippen LogP contribution in [0.2, 0.25) is 0 Å². The zero-order chi connectivity index (χ0) is 13.7. The third-order valence-corrected chi connectivity index (χ3v) is 3.27. The fourth-order valence-electron chi connectivity index (χ4n) is 2.11. The number of hydrogen-bond donors (Lipinski definition) is 1. The number of carboxylic acid groups (broad SMARTS) is 1. The molecule has 1 atom stereocenters. The van der Waals surface area contributed by atoms with Crippen molar-refractivity contribution >= 4 is 5.97 Å². The molecule has 5 heteroatoms.